The highest BCUT2D eigenvalue weighted by Gasteiger charge is 2.26. The van der Waals surface area contributed by atoms with Gasteiger partial charge in [0.2, 0.25) is 0 Å². The first-order valence-electron chi connectivity index (χ1n) is 6.47. The normalized spacial score (nSPS) is 12.6. The van der Waals surface area contributed by atoms with Gasteiger partial charge in [-0.15, -0.1) is 11.8 Å². The second-order valence-electron chi connectivity index (χ2n) is 5.10. The van der Waals surface area contributed by atoms with Crippen molar-refractivity contribution in [3.63, 3.8) is 0 Å². The fourth-order valence-electron chi connectivity index (χ4n) is 1.81. The van der Waals surface area contributed by atoms with Crippen LogP contribution in [-0.2, 0) is 0 Å². The number of amidine groups is 1. The Morgan fingerprint density at radius 3 is 2.60 bits per heavy atom. The molecule has 0 amide bonds. The lowest BCUT2D eigenvalue weighted by atomic mass is 10.0. The lowest BCUT2D eigenvalue weighted by Gasteiger charge is -2.37. The number of likely N-dealkylation sites (N-methyl/N-ethyl adjacent to an activating group) is 1. The van der Waals surface area contributed by atoms with Crippen molar-refractivity contribution in [2.24, 2.45) is 10.9 Å². The van der Waals surface area contributed by atoms with Crippen LogP contribution >= 0.6 is 11.8 Å². The summed E-state index contributed by atoms with van der Waals surface area (Å²) in [6, 6.07) is 5.79. The van der Waals surface area contributed by atoms with E-state index >= 15 is 0 Å². The number of benzene rings is 1. The Morgan fingerprint density at radius 2 is 2.10 bits per heavy atom. The highest BCUT2D eigenvalue weighted by atomic mass is 32.2. The quantitative estimate of drug-likeness (QED) is 0.246. The van der Waals surface area contributed by atoms with Gasteiger partial charge in [-0.25, -0.2) is 0 Å². The minimum absolute atomic E-state index is 0.00423. The van der Waals surface area contributed by atoms with Crippen LogP contribution in [0, 0.1) is 0 Å². The van der Waals surface area contributed by atoms with Crippen molar-refractivity contribution in [2.75, 3.05) is 24.3 Å². The number of oxime groups is 1. The molecular formula is C14H23N3O2S. The molecule has 0 aliphatic heterocycles. The average molecular weight is 297 g/mol. The van der Waals surface area contributed by atoms with E-state index in [4.69, 9.17) is 10.9 Å². The zero-order chi connectivity index (χ0) is 15.3. The molecule has 0 atom stereocenters. The maximum absolute atomic E-state index is 9.53. The van der Waals surface area contributed by atoms with Crippen LogP contribution in [-0.4, -0.2) is 41.1 Å². The minimum Gasteiger partial charge on any atom is -0.409 e. The van der Waals surface area contributed by atoms with Gasteiger partial charge in [0.1, 0.15) is 0 Å². The Balaban J connectivity index is 3.43. The molecule has 0 aromatic heterocycles. The molecule has 0 spiro atoms. The zero-order valence-electron chi connectivity index (χ0n) is 12.4. The van der Waals surface area contributed by atoms with Crippen molar-refractivity contribution >= 4 is 23.3 Å². The standard InChI is InChI=1S/C14H23N3O2S/c1-5-20-11-8-6-7-10(12(11)13(15)16-19)17(4)14(2,3)9-18/h6-8,18-19H,5,9H2,1-4H3,(H2,15,16). The van der Waals surface area contributed by atoms with Gasteiger partial charge in [-0.05, 0) is 31.7 Å². The number of nitrogens with two attached hydrogens (primary N) is 1. The molecule has 0 radical (unpaired) electrons. The molecule has 1 aromatic carbocycles. The molecule has 20 heavy (non-hydrogen) atoms. The number of anilines is 1. The monoisotopic (exact) mass is 297 g/mol. The molecule has 5 nitrogen and oxygen atoms in total. The van der Waals surface area contributed by atoms with Gasteiger partial charge in [-0.1, -0.05) is 18.1 Å². The molecule has 0 bridgehead atoms. The molecule has 112 valence electrons. The summed E-state index contributed by atoms with van der Waals surface area (Å²) in [7, 11) is 1.89. The Morgan fingerprint density at radius 1 is 1.45 bits per heavy atom. The molecule has 1 aromatic rings. The second kappa shape index (κ2) is 6.85. The summed E-state index contributed by atoms with van der Waals surface area (Å²) in [6.45, 7) is 5.92. The van der Waals surface area contributed by atoms with Crippen LogP contribution in [0.1, 0.15) is 26.3 Å². The van der Waals surface area contributed by atoms with E-state index in [1.54, 1.807) is 11.8 Å². The Labute approximate surface area is 124 Å². The van der Waals surface area contributed by atoms with Gasteiger partial charge in [-0.2, -0.15) is 0 Å². The van der Waals surface area contributed by atoms with Gasteiger partial charge >= 0.3 is 0 Å². The van der Waals surface area contributed by atoms with E-state index in [0.717, 1.165) is 16.3 Å². The highest BCUT2D eigenvalue weighted by molar-refractivity contribution is 7.99. The van der Waals surface area contributed by atoms with Gasteiger partial charge in [-0.3, -0.25) is 0 Å². The molecule has 0 aliphatic rings. The van der Waals surface area contributed by atoms with Gasteiger partial charge in [0.15, 0.2) is 5.84 Å². The number of rotatable bonds is 6. The summed E-state index contributed by atoms with van der Waals surface area (Å²) in [4.78, 5) is 2.90. The van der Waals surface area contributed by atoms with E-state index in [2.05, 4.69) is 12.1 Å². The highest BCUT2D eigenvalue weighted by Crippen LogP contribution is 2.33. The number of thioether (sulfide) groups is 1. The summed E-state index contributed by atoms with van der Waals surface area (Å²) >= 11 is 1.63. The molecule has 6 heteroatoms. The first-order chi connectivity index (χ1) is 9.38. The van der Waals surface area contributed by atoms with E-state index < -0.39 is 5.54 Å². The van der Waals surface area contributed by atoms with Crippen LogP contribution in [0.15, 0.2) is 28.3 Å². The molecule has 0 aliphatic carbocycles. The second-order valence-corrected chi connectivity index (χ2v) is 6.40. The minimum atomic E-state index is -0.444. The molecule has 4 N–H and O–H groups in total. The SMILES string of the molecule is CCSc1cccc(N(C)C(C)(C)CO)c1/C(N)=N/O. The van der Waals surface area contributed by atoms with Crippen molar-refractivity contribution in [2.45, 2.75) is 31.2 Å². The van der Waals surface area contributed by atoms with Crippen molar-refractivity contribution < 1.29 is 10.3 Å². The van der Waals surface area contributed by atoms with Gasteiger partial charge in [0.25, 0.3) is 0 Å². The Kier molecular flexibility index (Phi) is 5.71. The van der Waals surface area contributed by atoms with Crippen molar-refractivity contribution in [1.82, 2.24) is 0 Å². The maximum Gasteiger partial charge on any atom is 0.173 e. The van der Waals surface area contributed by atoms with E-state index in [0.29, 0.717) is 5.56 Å². The van der Waals surface area contributed by atoms with Crippen LogP contribution in [0.25, 0.3) is 0 Å². The molecule has 0 heterocycles. The number of hydrogen-bond acceptors (Lipinski definition) is 5. The summed E-state index contributed by atoms with van der Waals surface area (Å²) < 4.78 is 0. The Hall–Kier alpha value is -1.40. The van der Waals surface area contributed by atoms with Gasteiger partial charge < -0.3 is 20.9 Å². The van der Waals surface area contributed by atoms with Crippen LogP contribution in [0.4, 0.5) is 5.69 Å². The molecule has 0 saturated carbocycles. The topological polar surface area (TPSA) is 82.1 Å². The van der Waals surface area contributed by atoms with Gasteiger partial charge in [0.05, 0.1) is 17.7 Å². The summed E-state index contributed by atoms with van der Waals surface area (Å²) in [5.41, 5.74) is 6.93. The fourth-order valence-corrected chi connectivity index (χ4v) is 2.65. The van der Waals surface area contributed by atoms with E-state index in [1.165, 1.54) is 0 Å². The Bertz CT molecular complexity index is 489. The number of aliphatic hydroxyl groups excluding tert-OH is 1. The lowest BCUT2D eigenvalue weighted by Crippen LogP contribution is -2.45. The predicted molar refractivity (Wildman–Crippen MR) is 84.9 cm³/mol. The summed E-state index contributed by atoms with van der Waals surface area (Å²) in [5.74, 6) is 0.972. The summed E-state index contributed by atoms with van der Waals surface area (Å²) in [5, 5.41) is 21.7. The van der Waals surface area contributed by atoms with Crippen LogP contribution in [0.3, 0.4) is 0 Å². The van der Waals surface area contributed by atoms with E-state index in [-0.39, 0.29) is 12.4 Å². The smallest absolute Gasteiger partial charge is 0.173 e. The first kappa shape index (κ1) is 16.7. The summed E-state index contributed by atoms with van der Waals surface area (Å²) in [6.07, 6.45) is 0. The van der Waals surface area contributed by atoms with E-state index in [9.17, 15) is 5.11 Å². The first-order valence-corrected chi connectivity index (χ1v) is 7.46. The van der Waals surface area contributed by atoms with Crippen molar-refractivity contribution in [1.29, 1.82) is 0 Å². The van der Waals surface area contributed by atoms with Crippen molar-refractivity contribution in [3.8, 4) is 0 Å². The number of aliphatic hydroxyl groups is 1. The van der Waals surface area contributed by atoms with Crippen molar-refractivity contribution in [3.05, 3.63) is 23.8 Å². The third-order valence-electron chi connectivity index (χ3n) is 3.32. The largest absolute Gasteiger partial charge is 0.409 e. The predicted octanol–water partition coefficient (Wildman–Crippen LogP) is 2.10. The average Bonchev–Trinajstić information content (AvgIpc) is 2.45. The number of nitrogens with zero attached hydrogens (tertiary/aromatic N) is 2. The third-order valence-corrected chi connectivity index (χ3v) is 4.26. The lowest BCUT2D eigenvalue weighted by molar-refractivity contribution is 0.216. The number of hydrogen-bond donors (Lipinski definition) is 3. The molecular weight excluding hydrogens is 274 g/mol. The zero-order valence-corrected chi connectivity index (χ0v) is 13.2. The molecule has 0 saturated heterocycles. The molecule has 0 fully saturated rings. The third kappa shape index (κ3) is 3.37. The maximum atomic E-state index is 9.53. The van der Waals surface area contributed by atoms with Crippen LogP contribution in [0.2, 0.25) is 0 Å². The molecule has 0 unspecified atom stereocenters. The fraction of sp³-hybridized carbons (Fsp3) is 0.500. The van der Waals surface area contributed by atoms with Crippen LogP contribution < -0.4 is 10.6 Å². The van der Waals surface area contributed by atoms with E-state index in [1.807, 2.05) is 44.0 Å². The van der Waals surface area contributed by atoms with Gasteiger partial charge in [0, 0.05) is 17.6 Å². The van der Waals surface area contributed by atoms with Crippen LogP contribution in [0.5, 0.6) is 0 Å². The molecule has 1 rings (SSSR count).